The summed E-state index contributed by atoms with van der Waals surface area (Å²) in [5.74, 6) is 0.712. The van der Waals surface area contributed by atoms with Crippen molar-refractivity contribution >= 4 is 6.09 Å². The van der Waals surface area contributed by atoms with E-state index in [1.54, 1.807) is 4.68 Å². The van der Waals surface area contributed by atoms with Crippen LogP contribution in [0.15, 0.2) is 6.07 Å². The van der Waals surface area contributed by atoms with E-state index in [-0.39, 0.29) is 6.10 Å². The fourth-order valence-electron chi connectivity index (χ4n) is 1.63. The van der Waals surface area contributed by atoms with E-state index < -0.39 is 11.7 Å². The molecule has 1 rings (SSSR count). The van der Waals surface area contributed by atoms with E-state index in [1.807, 2.05) is 47.6 Å². The van der Waals surface area contributed by atoms with E-state index in [0.29, 0.717) is 12.4 Å². The van der Waals surface area contributed by atoms with Crippen LogP contribution in [0.25, 0.3) is 0 Å². The fourth-order valence-corrected chi connectivity index (χ4v) is 1.63. The van der Waals surface area contributed by atoms with Crippen molar-refractivity contribution in [3.63, 3.8) is 0 Å². The number of ether oxygens (including phenoxy) is 2. The Morgan fingerprint density at radius 3 is 2.70 bits per heavy atom. The number of hydrogen-bond acceptors (Lipinski definition) is 4. The molecule has 0 aliphatic rings. The number of rotatable bonds is 5. The van der Waals surface area contributed by atoms with Crippen LogP contribution >= 0.6 is 0 Å². The Morgan fingerprint density at radius 2 is 2.15 bits per heavy atom. The smallest absolute Gasteiger partial charge is 0.407 e. The van der Waals surface area contributed by atoms with Gasteiger partial charge in [-0.15, -0.1) is 0 Å². The molecule has 1 N–H and O–H groups in total. The second-order valence-electron chi connectivity index (χ2n) is 5.75. The first-order valence-corrected chi connectivity index (χ1v) is 6.89. The lowest BCUT2D eigenvalue weighted by Crippen LogP contribution is -2.37. The first-order chi connectivity index (χ1) is 9.21. The van der Waals surface area contributed by atoms with E-state index in [9.17, 15) is 4.79 Å². The monoisotopic (exact) mass is 283 g/mol. The number of aryl methyl sites for hydroxylation is 2. The highest BCUT2D eigenvalue weighted by molar-refractivity contribution is 5.67. The van der Waals surface area contributed by atoms with Crippen molar-refractivity contribution in [1.29, 1.82) is 0 Å². The number of carbonyl (C=O) groups is 1. The zero-order valence-electron chi connectivity index (χ0n) is 13.2. The molecule has 0 saturated carbocycles. The SMILES string of the molecule is CCn1nc(C)cc1O[C@@H](C)CNC(=O)OC(C)(C)C. The molecule has 6 nitrogen and oxygen atoms in total. The van der Waals surface area contributed by atoms with Gasteiger partial charge in [-0.1, -0.05) is 0 Å². The first kappa shape index (κ1) is 16.3. The Hall–Kier alpha value is -1.72. The zero-order chi connectivity index (χ0) is 15.3. The van der Waals surface area contributed by atoms with Crippen LogP contribution in [0.2, 0.25) is 0 Å². The molecule has 1 amide bonds. The number of nitrogens with zero attached hydrogens (tertiary/aromatic N) is 2. The van der Waals surface area contributed by atoms with Gasteiger partial charge in [0.25, 0.3) is 0 Å². The molecular weight excluding hydrogens is 258 g/mol. The maximum absolute atomic E-state index is 11.5. The van der Waals surface area contributed by atoms with Crippen molar-refractivity contribution in [3.05, 3.63) is 11.8 Å². The van der Waals surface area contributed by atoms with Crippen molar-refractivity contribution in [3.8, 4) is 5.88 Å². The van der Waals surface area contributed by atoms with Crippen LogP contribution in [0.4, 0.5) is 4.79 Å². The van der Waals surface area contributed by atoms with Gasteiger partial charge in [0, 0.05) is 12.6 Å². The van der Waals surface area contributed by atoms with Crippen LogP contribution in [0.3, 0.4) is 0 Å². The van der Waals surface area contributed by atoms with Gasteiger partial charge in [-0.3, -0.25) is 0 Å². The third kappa shape index (κ3) is 5.50. The molecule has 20 heavy (non-hydrogen) atoms. The van der Waals surface area contributed by atoms with E-state index in [2.05, 4.69) is 10.4 Å². The lowest BCUT2D eigenvalue weighted by atomic mass is 10.2. The maximum atomic E-state index is 11.5. The highest BCUT2D eigenvalue weighted by Crippen LogP contribution is 2.14. The Labute approximate surface area is 120 Å². The second kappa shape index (κ2) is 6.63. The van der Waals surface area contributed by atoms with Crippen LogP contribution in [-0.4, -0.2) is 34.1 Å². The van der Waals surface area contributed by atoms with E-state index in [0.717, 1.165) is 12.2 Å². The van der Waals surface area contributed by atoms with Crippen molar-refractivity contribution in [1.82, 2.24) is 15.1 Å². The molecule has 0 fully saturated rings. The predicted octanol–water partition coefficient (Wildman–Crippen LogP) is 2.50. The quantitative estimate of drug-likeness (QED) is 0.901. The van der Waals surface area contributed by atoms with Gasteiger partial charge >= 0.3 is 6.09 Å². The fraction of sp³-hybridized carbons (Fsp3) is 0.714. The highest BCUT2D eigenvalue weighted by Gasteiger charge is 2.17. The third-order valence-electron chi connectivity index (χ3n) is 2.42. The molecule has 1 atom stereocenters. The minimum Gasteiger partial charge on any atom is -0.473 e. The number of hydrogen-bond donors (Lipinski definition) is 1. The average Bonchev–Trinajstić information content (AvgIpc) is 2.64. The lowest BCUT2D eigenvalue weighted by molar-refractivity contribution is 0.0502. The van der Waals surface area contributed by atoms with E-state index in [4.69, 9.17) is 9.47 Å². The summed E-state index contributed by atoms with van der Waals surface area (Å²) in [6, 6.07) is 1.88. The zero-order valence-corrected chi connectivity index (χ0v) is 13.2. The Kier molecular flexibility index (Phi) is 5.42. The van der Waals surface area contributed by atoms with Gasteiger partial charge in [-0.05, 0) is 41.5 Å². The molecule has 0 aliphatic heterocycles. The van der Waals surface area contributed by atoms with Crippen LogP contribution in [0, 0.1) is 6.92 Å². The Morgan fingerprint density at radius 1 is 1.50 bits per heavy atom. The predicted molar refractivity (Wildman–Crippen MR) is 77.0 cm³/mol. The molecule has 0 spiro atoms. The average molecular weight is 283 g/mol. The van der Waals surface area contributed by atoms with Gasteiger partial charge in [0.05, 0.1) is 12.2 Å². The maximum Gasteiger partial charge on any atom is 0.407 e. The van der Waals surface area contributed by atoms with Crippen molar-refractivity contribution in [2.24, 2.45) is 0 Å². The summed E-state index contributed by atoms with van der Waals surface area (Å²) in [4.78, 5) is 11.5. The molecule has 1 heterocycles. The number of aromatic nitrogens is 2. The van der Waals surface area contributed by atoms with Crippen molar-refractivity contribution in [2.75, 3.05) is 6.54 Å². The summed E-state index contributed by atoms with van der Waals surface area (Å²) >= 11 is 0. The first-order valence-electron chi connectivity index (χ1n) is 6.89. The molecule has 0 saturated heterocycles. The van der Waals surface area contributed by atoms with E-state index >= 15 is 0 Å². The van der Waals surface area contributed by atoms with Gasteiger partial charge in [-0.2, -0.15) is 5.10 Å². The second-order valence-corrected chi connectivity index (χ2v) is 5.75. The summed E-state index contributed by atoms with van der Waals surface area (Å²) in [5, 5.41) is 6.99. The molecule has 0 bridgehead atoms. The van der Waals surface area contributed by atoms with Gasteiger partial charge in [0.15, 0.2) is 0 Å². The molecular formula is C14H25N3O3. The van der Waals surface area contributed by atoms with Crippen LogP contribution in [0.1, 0.15) is 40.3 Å². The van der Waals surface area contributed by atoms with E-state index in [1.165, 1.54) is 0 Å². The Balaban J connectivity index is 2.44. The van der Waals surface area contributed by atoms with Crippen LogP contribution < -0.4 is 10.1 Å². The summed E-state index contributed by atoms with van der Waals surface area (Å²) in [6.45, 7) is 12.4. The van der Waals surface area contributed by atoms with Gasteiger partial charge < -0.3 is 14.8 Å². The van der Waals surface area contributed by atoms with Crippen molar-refractivity contribution < 1.29 is 14.3 Å². The molecule has 1 aromatic rings. The van der Waals surface area contributed by atoms with Crippen LogP contribution in [-0.2, 0) is 11.3 Å². The standard InChI is InChI=1S/C14H25N3O3/c1-7-17-12(8-10(2)16-17)19-11(3)9-15-13(18)20-14(4,5)6/h8,11H,7,9H2,1-6H3,(H,15,18)/t11-/m0/s1. The van der Waals surface area contributed by atoms with Gasteiger partial charge in [-0.25, -0.2) is 9.48 Å². The molecule has 0 aliphatic carbocycles. The van der Waals surface area contributed by atoms with Crippen LogP contribution in [0.5, 0.6) is 5.88 Å². The summed E-state index contributed by atoms with van der Waals surface area (Å²) in [5.41, 5.74) is 0.417. The molecule has 0 unspecified atom stereocenters. The number of carbonyl (C=O) groups excluding carboxylic acids is 1. The molecule has 6 heteroatoms. The minimum absolute atomic E-state index is 0.163. The minimum atomic E-state index is -0.494. The van der Waals surface area contributed by atoms with Gasteiger partial charge in [0.1, 0.15) is 11.7 Å². The summed E-state index contributed by atoms with van der Waals surface area (Å²) in [7, 11) is 0. The highest BCUT2D eigenvalue weighted by atomic mass is 16.6. The number of alkyl carbamates (subject to hydrolysis) is 1. The molecule has 114 valence electrons. The number of amides is 1. The molecule has 1 aromatic heterocycles. The molecule has 0 radical (unpaired) electrons. The largest absolute Gasteiger partial charge is 0.473 e. The van der Waals surface area contributed by atoms with Gasteiger partial charge in [0.2, 0.25) is 5.88 Å². The normalized spacial score (nSPS) is 12.9. The van der Waals surface area contributed by atoms with Crippen molar-refractivity contribution in [2.45, 2.75) is 59.8 Å². The molecule has 0 aromatic carbocycles. The topological polar surface area (TPSA) is 65.4 Å². The summed E-state index contributed by atoms with van der Waals surface area (Å²) in [6.07, 6.45) is -0.600. The lowest BCUT2D eigenvalue weighted by Gasteiger charge is -2.21. The number of nitrogens with one attached hydrogen (secondary N) is 1. The summed E-state index contributed by atoms with van der Waals surface area (Å²) < 4.78 is 12.7. The Bertz CT molecular complexity index is 449. The third-order valence-corrected chi connectivity index (χ3v) is 2.42.